The Labute approximate surface area is 154 Å². The average molecular weight is 374 g/mol. The van der Waals surface area contributed by atoms with E-state index in [1.807, 2.05) is 47.8 Å². The molecule has 0 aliphatic carbocycles. The van der Waals surface area contributed by atoms with E-state index in [1.165, 1.54) is 11.3 Å². The van der Waals surface area contributed by atoms with Crippen LogP contribution in [-0.2, 0) is 0 Å². The van der Waals surface area contributed by atoms with Crippen molar-refractivity contribution in [1.82, 2.24) is 4.98 Å². The summed E-state index contributed by atoms with van der Waals surface area (Å²) < 4.78 is 10.5. The van der Waals surface area contributed by atoms with Crippen molar-refractivity contribution in [2.24, 2.45) is 5.10 Å². The fourth-order valence-corrected chi connectivity index (χ4v) is 2.97. The maximum atomic E-state index is 5.91. The van der Waals surface area contributed by atoms with Crippen LogP contribution in [0.25, 0.3) is 11.3 Å². The Morgan fingerprint density at radius 2 is 1.84 bits per heavy atom. The number of thiazole rings is 1. The second kappa shape index (κ2) is 8.00. The molecule has 128 valence electrons. The zero-order valence-corrected chi connectivity index (χ0v) is 15.3. The Bertz CT molecular complexity index is 878. The van der Waals surface area contributed by atoms with E-state index in [4.69, 9.17) is 21.1 Å². The molecular formula is C18H16ClN3O2S. The quantitative estimate of drug-likeness (QED) is 0.492. The van der Waals surface area contributed by atoms with E-state index in [0.29, 0.717) is 21.7 Å². The monoisotopic (exact) mass is 373 g/mol. The number of hydrogen-bond donors (Lipinski definition) is 1. The molecule has 0 bridgehead atoms. The first-order valence-electron chi connectivity index (χ1n) is 7.42. The van der Waals surface area contributed by atoms with Gasteiger partial charge in [0, 0.05) is 16.0 Å². The predicted molar refractivity (Wildman–Crippen MR) is 103 cm³/mol. The van der Waals surface area contributed by atoms with E-state index in [9.17, 15) is 0 Å². The number of benzene rings is 2. The van der Waals surface area contributed by atoms with Crippen LogP contribution in [0.5, 0.6) is 11.5 Å². The van der Waals surface area contributed by atoms with Crippen LogP contribution in [0.3, 0.4) is 0 Å². The van der Waals surface area contributed by atoms with Crippen LogP contribution in [0.4, 0.5) is 5.13 Å². The van der Waals surface area contributed by atoms with E-state index < -0.39 is 0 Å². The number of rotatable bonds is 6. The molecule has 0 radical (unpaired) electrons. The summed E-state index contributed by atoms with van der Waals surface area (Å²) in [4.78, 5) is 4.51. The molecule has 0 aliphatic rings. The number of nitrogens with one attached hydrogen (secondary N) is 1. The molecule has 2 aromatic carbocycles. The lowest BCUT2D eigenvalue weighted by Gasteiger charge is -2.07. The molecule has 0 saturated heterocycles. The second-order valence-electron chi connectivity index (χ2n) is 5.03. The molecule has 0 saturated carbocycles. The molecule has 25 heavy (non-hydrogen) atoms. The van der Waals surface area contributed by atoms with Crippen molar-refractivity contribution >= 4 is 34.3 Å². The summed E-state index contributed by atoms with van der Waals surface area (Å²) in [7, 11) is 3.21. The fourth-order valence-electron chi connectivity index (χ4n) is 2.17. The number of hydrazone groups is 1. The van der Waals surface area contributed by atoms with Gasteiger partial charge in [0.2, 0.25) is 5.13 Å². The molecule has 1 heterocycles. The number of aromatic nitrogens is 1. The first-order valence-corrected chi connectivity index (χ1v) is 8.68. The first kappa shape index (κ1) is 17.3. The number of ether oxygens (including phenoxy) is 2. The first-order chi connectivity index (χ1) is 12.2. The average Bonchev–Trinajstić information content (AvgIpc) is 3.11. The van der Waals surface area contributed by atoms with Gasteiger partial charge in [-0.25, -0.2) is 4.98 Å². The Hall–Kier alpha value is -2.57. The maximum Gasteiger partial charge on any atom is 0.203 e. The molecule has 0 fully saturated rings. The minimum atomic E-state index is 0.658. The minimum absolute atomic E-state index is 0.658. The molecule has 0 unspecified atom stereocenters. The molecule has 1 aromatic heterocycles. The van der Waals surface area contributed by atoms with E-state index in [-0.39, 0.29) is 0 Å². The van der Waals surface area contributed by atoms with Crippen LogP contribution in [0.2, 0.25) is 5.02 Å². The molecule has 1 N–H and O–H groups in total. The standard InChI is InChI=1S/C18H16ClN3O2S/c1-23-16-8-3-12(9-17(16)24-2)10-20-22-18-21-15(11-25-18)13-4-6-14(19)7-5-13/h3-11H,1-2H3,(H,21,22)/b20-10-. The second-order valence-corrected chi connectivity index (χ2v) is 6.32. The minimum Gasteiger partial charge on any atom is -0.493 e. The van der Waals surface area contributed by atoms with E-state index >= 15 is 0 Å². The van der Waals surface area contributed by atoms with Crippen molar-refractivity contribution < 1.29 is 9.47 Å². The van der Waals surface area contributed by atoms with Gasteiger partial charge in [-0.15, -0.1) is 11.3 Å². The van der Waals surface area contributed by atoms with Crippen LogP contribution >= 0.6 is 22.9 Å². The summed E-state index contributed by atoms with van der Waals surface area (Å²) >= 11 is 7.39. The lowest BCUT2D eigenvalue weighted by molar-refractivity contribution is 0.355. The number of anilines is 1. The molecule has 7 heteroatoms. The summed E-state index contributed by atoms with van der Waals surface area (Å²) in [5, 5.41) is 7.60. The fraction of sp³-hybridized carbons (Fsp3) is 0.111. The highest BCUT2D eigenvalue weighted by Gasteiger charge is 2.05. The van der Waals surface area contributed by atoms with Gasteiger partial charge in [-0.3, -0.25) is 5.43 Å². The topological polar surface area (TPSA) is 55.7 Å². The molecule has 0 spiro atoms. The van der Waals surface area contributed by atoms with E-state index in [2.05, 4.69) is 15.5 Å². The van der Waals surface area contributed by atoms with Crippen LogP contribution < -0.4 is 14.9 Å². The Balaban J connectivity index is 1.67. The third-order valence-electron chi connectivity index (χ3n) is 3.43. The van der Waals surface area contributed by atoms with Gasteiger partial charge in [0.05, 0.1) is 26.1 Å². The Morgan fingerprint density at radius 3 is 2.56 bits per heavy atom. The number of nitrogens with zero attached hydrogens (tertiary/aromatic N) is 2. The normalized spacial score (nSPS) is 10.8. The Morgan fingerprint density at radius 1 is 1.08 bits per heavy atom. The van der Waals surface area contributed by atoms with Crippen LogP contribution in [-0.4, -0.2) is 25.4 Å². The van der Waals surface area contributed by atoms with Crippen LogP contribution in [0, 0.1) is 0 Å². The summed E-state index contributed by atoms with van der Waals surface area (Å²) in [5.74, 6) is 1.34. The van der Waals surface area contributed by atoms with Gasteiger partial charge >= 0.3 is 0 Å². The van der Waals surface area contributed by atoms with Crippen molar-refractivity contribution in [3.8, 4) is 22.8 Å². The highest BCUT2D eigenvalue weighted by atomic mass is 35.5. The van der Waals surface area contributed by atoms with Gasteiger partial charge in [0.15, 0.2) is 11.5 Å². The third-order valence-corrected chi connectivity index (χ3v) is 4.42. The van der Waals surface area contributed by atoms with Gasteiger partial charge in [-0.05, 0) is 35.9 Å². The Kier molecular flexibility index (Phi) is 5.53. The van der Waals surface area contributed by atoms with Gasteiger partial charge in [-0.2, -0.15) is 5.10 Å². The molecule has 0 aliphatic heterocycles. The van der Waals surface area contributed by atoms with Gasteiger partial charge in [0.25, 0.3) is 0 Å². The zero-order chi connectivity index (χ0) is 17.6. The predicted octanol–water partition coefficient (Wildman–Crippen LogP) is 4.93. The lowest BCUT2D eigenvalue weighted by Crippen LogP contribution is -1.93. The molecule has 5 nitrogen and oxygen atoms in total. The maximum absolute atomic E-state index is 5.91. The summed E-state index contributed by atoms with van der Waals surface area (Å²) in [6.07, 6.45) is 1.70. The number of methoxy groups -OCH3 is 2. The van der Waals surface area contributed by atoms with Gasteiger partial charge in [-0.1, -0.05) is 23.7 Å². The zero-order valence-electron chi connectivity index (χ0n) is 13.7. The molecule has 3 aromatic rings. The van der Waals surface area contributed by atoms with Crippen molar-refractivity contribution in [3.63, 3.8) is 0 Å². The summed E-state index contributed by atoms with van der Waals surface area (Å²) in [6.45, 7) is 0. The SMILES string of the molecule is COc1ccc(/C=N\Nc2nc(-c3ccc(Cl)cc3)cs2)cc1OC. The molecule has 0 amide bonds. The van der Waals surface area contributed by atoms with Crippen LogP contribution in [0.15, 0.2) is 52.9 Å². The van der Waals surface area contributed by atoms with Crippen molar-refractivity contribution in [2.45, 2.75) is 0 Å². The molecule has 3 rings (SSSR count). The highest BCUT2D eigenvalue weighted by molar-refractivity contribution is 7.14. The lowest BCUT2D eigenvalue weighted by atomic mass is 10.2. The largest absolute Gasteiger partial charge is 0.493 e. The van der Waals surface area contributed by atoms with Crippen molar-refractivity contribution in [1.29, 1.82) is 0 Å². The van der Waals surface area contributed by atoms with Crippen molar-refractivity contribution in [3.05, 3.63) is 58.4 Å². The summed E-state index contributed by atoms with van der Waals surface area (Å²) in [5.41, 5.74) is 5.72. The number of hydrogen-bond acceptors (Lipinski definition) is 6. The highest BCUT2D eigenvalue weighted by Crippen LogP contribution is 2.27. The van der Waals surface area contributed by atoms with Crippen LogP contribution in [0.1, 0.15) is 5.56 Å². The molecule has 0 atom stereocenters. The number of halogens is 1. The van der Waals surface area contributed by atoms with E-state index in [0.717, 1.165) is 16.8 Å². The van der Waals surface area contributed by atoms with Crippen molar-refractivity contribution in [2.75, 3.05) is 19.6 Å². The summed E-state index contributed by atoms with van der Waals surface area (Å²) in [6, 6.07) is 13.2. The smallest absolute Gasteiger partial charge is 0.203 e. The molecular weight excluding hydrogens is 358 g/mol. The van der Waals surface area contributed by atoms with E-state index in [1.54, 1.807) is 20.4 Å². The van der Waals surface area contributed by atoms with Gasteiger partial charge in [0.1, 0.15) is 0 Å². The third kappa shape index (κ3) is 4.29. The van der Waals surface area contributed by atoms with Gasteiger partial charge < -0.3 is 9.47 Å².